The molecule has 2 saturated heterocycles. The van der Waals surface area contributed by atoms with E-state index in [0.717, 1.165) is 21.9 Å². The monoisotopic (exact) mass is 494 g/mol. The van der Waals surface area contributed by atoms with Crippen LogP contribution in [0.4, 0.5) is 4.79 Å². The zero-order valence-electron chi connectivity index (χ0n) is 20.6. The van der Waals surface area contributed by atoms with E-state index >= 15 is 0 Å². The number of phenolic OH excluding ortho intramolecular Hbond substituents is 1. The van der Waals surface area contributed by atoms with E-state index in [0.29, 0.717) is 25.2 Å². The molecule has 36 heavy (non-hydrogen) atoms. The van der Waals surface area contributed by atoms with E-state index in [1.54, 1.807) is 24.3 Å². The number of piperidine rings is 1. The van der Waals surface area contributed by atoms with Gasteiger partial charge < -0.3 is 19.3 Å². The number of methoxy groups -OCH3 is 1. The molecule has 2 atom stereocenters. The molecule has 4 heterocycles. The number of carbonyl (C=O) groups excluding carboxylic acids is 3. The molecule has 1 aromatic heterocycles. The van der Waals surface area contributed by atoms with Gasteiger partial charge in [0.1, 0.15) is 5.41 Å². The Bertz CT molecular complexity index is 1280. The predicted octanol–water partition coefficient (Wildman–Crippen LogP) is 1.26. The van der Waals surface area contributed by atoms with Gasteiger partial charge in [0.25, 0.3) is 5.56 Å². The summed E-state index contributed by atoms with van der Waals surface area (Å²) in [6, 6.07) is 9.40. The van der Waals surface area contributed by atoms with E-state index < -0.39 is 23.3 Å². The lowest BCUT2D eigenvalue weighted by Crippen LogP contribution is -2.67. The predicted molar refractivity (Wildman–Crippen MR) is 130 cm³/mol. The number of hydrogen-bond donors (Lipinski definition) is 1. The molecule has 10 heteroatoms. The number of imide groups is 2. The molecule has 3 aliphatic heterocycles. The van der Waals surface area contributed by atoms with Crippen LogP contribution in [0.25, 0.3) is 0 Å². The molecule has 0 aliphatic carbocycles. The van der Waals surface area contributed by atoms with Crippen LogP contribution in [-0.4, -0.2) is 83.1 Å². The first-order chi connectivity index (χ1) is 17.1. The Balaban J connectivity index is 1.51. The molecular formula is C26H30N4O6. The molecule has 0 saturated carbocycles. The van der Waals surface area contributed by atoms with Crippen molar-refractivity contribution < 1.29 is 24.2 Å². The van der Waals surface area contributed by atoms with E-state index in [1.165, 1.54) is 27.3 Å². The molecule has 1 aromatic carbocycles. The van der Waals surface area contributed by atoms with Crippen molar-refractivity contribution in [3.8, 4) is 11.5 Å². The second-order valence-corrected chi connectivity index (χ2v) is 10.2. The molecule has 2 aromatic rings. The zero-order chi connectivity index (χ0) is 25.8. The number of hydrogen-bond acceptors (Lipinski definition) is 7. The number of nitrogens with zero attached hydrogens (tertiary/aromatic N) is 4. The van der Waals surface area contributed by atoms with Gasteiger partial charge in [-0.1, -0.05) is 12.1 Å². The fraction of sp³-hybridized carbons (Fsp3) is 0.462. The highest BCUT2D eigenvalue weighted by Gasteiger charge is 2.56. The summed E-state index contributed by atoms with van der Waals surface area (Å²) in [7, 11) is 4.22. The number of aromatic hydroxyl groups is 1. The standard InChI is InChI=1S/C26H30N4O6/c1-27-23(33)26(24(34)28(2)25(27)35,11-16-7-8-20(31)21(10-16)36-3)15-29-12-17-9-18(14-29)19-5-4-6-22(32)30(19)13-17/h4-8,10,17-18,31H,9,11-15H2,1-3H3. The van der Waals surface area contributed by atoms with Gasteiger partial charge >= 0.3 is 6.03 Å². The van der Waals surface area contributed by atoms with Crippen LogP contribution in [0.3, 0.4) is 0 Å². The van der Waals surface area contributed by atoms with Crippen LogP contribution < -0.4 is 10.3 Å². The normalized spacial score (nSPS) is 23.6. The number of amides is 4. The lowest BCUT2D eigenvalue weighted by Gasteiger charge is -2.48. The highest BCUT2D eigenvalue weighted by Crippen LogP contribution is 2.40. The number of ether oxygens (including phenoxy) is 1. The molecule has 2 fully saturated rings. The third-order valence-electron chi connectivity index (χ3n) is 7.80. The van der Waals surface area contributed by atoms with Gasteiger partial charge in [-0.15, -0.1) is 0 Å². The number of carbonyl (C=O) groups is 3. The SMILES string of the molecule is COc1cc(CC2(CN3CC4CC(C3)c3cccc(=O)n3C4)C(=O)N(C)C(=O)N(C)C2=O)ccc1O. The van der Waals surface area contributed by atoms with Gasteiger partial charge in [0.2, 0.25) is 11.8 Å². The van der Waals surface area contributed by atoms with E-state index in [1.807, 2.05) is 10.6 Å². The topological polar surface area (TPSA) is 112 Å². The summed E-state index contributed by atoms with van der Waals surface area (Å²) < 4.78 is 7.07. The third-order valence-corrected chi connectivity index (χ3v) is 7.80. The van der Waals surface area contributed by atoms with Gasteiger partial charge in [0, 0.05) is 58.0 Å². The molecule has 1 N–H and O–H groups in total. The van der Waals surface area contributed by atoms with Crippen molar-refractivity contribution >= 4 is 17.8 Å². The van der Waals surface area contributed by atoms with Crippen molar-refractivity contribution in [2.45, 2.75) is 25.3 Å². The van der Waals surface area contributed by atoms with Gasteiger partial charge in [-0.3, -0.25) is 24.2 Å². The van der Waals surface area contributed by atoms with E-state index in [4.69, 9.17) is 4.74 Å². The molecule has 2 bridgehead atoms. The van der Waals surface area contributed by atoms with Crippen LogP contribution in [-0.2, 0) is 22.6 Å². The number of rotatable bonds is 5. The van der Waals surface area contributed by atoms with Crippen LogP contribution >= 0.6 is 0 Å². The summed E-state index contributed by atoms with van der Waals surface area (Å²) in [4.78, 5) is 56.5. The van der Waals surface area contributed by atoms with Gasteiger partial charge in [0.15, 0.2) is 11.5 Å². The van der Waals surface area contributed by atoms with Crippen molar-refractivity contribution in [1.29, 1.82) is 0 Å². The number of benzene rings is 1. The minimum absolute atomic E-state index is 0.00667. The first-order valence-electron chi connectivity index (χ1n) is 12.0. The maximum atomic E-state index is 13.7. The lowest BCUT2D eigenvalue weighted by molar-refractivity contribution is -0.159. The number of barbiturate groups is 1. The second kappa shape index (κ2) is 8.77. The zero-order valence-corrected chi connectivity index (χ0v) is 20.6. The maximum Gasteiger partial charge on any atom is 0.332 e. The first-order valence-corrected chi connectivity index (χ1v) is 12.0. The first kappa shape index (κ1) is 24.1. The fourth-order valence-electron chi connectivity index (χ4n) is 6.16. The van der Waals surface area contributed by atoms with E-state index in [-0.39, 0.29) is 41.9 Å². The summed E-state index contributed by atoms with van der Waals surface area (Å²) in [6.07, 6.45) is 0.993. The molecule has 3 aliphatic rings. The summed E-state index contributed by atoms with van der Waals surface area (Å²) in [6.45, 7) is 1.98. The fourth-order valence-corrected chi connectivity index (χ4v) is 6.16. The van der Waals surface area contributed by atoms with Crippen LogP contribution in [0.1, 0.15) is 23.6 Å². The van der Waals surface area contributed by atoms with E-state index in [9.17, 15) is 24.3 Å². The van der Waals surface area contributed by atoms with E-state index in [2.05, 4.69) is 4.90 Å². The summed E-state index contributed by atoms with van der Waals surface area (Å²) in [5.74, 6) is -0.564. The number of pyridine rings is 1. The number of fused-ring (bicyclic) bond motifs is 4. The number of aromatic nitrogens is 1. The average molecular weight is 495 g/mol. The summed E-state index contributed by atoms with van der Waals surface area (Å²) in [5, 5.41) is 10.0. The van der Waals surface area contributed by atoms with Crippen molar-refractivity contribution in [3.05, 3.63) is 58.0 Å². The summed E-state index contributed by atoms with van der Waals surface area (Å²) >= 11 is 0. The largest absolute Gasteiger partial charge is 0.504 e. The Labute approximate surface area is 208 Å². The van der Waals surface area contributed by atoms with Gasteiger partial charge in [-0.2, -0.15) is 0 Å². The van der Waals surface area contributed by atoms with Crippen molar-refractivity contribution in [2.24, 2.45) is 11.3 Å². The van der Waals surface area contributed by atoms with Crippen molar-refractivity contribution in [3.63, 3.8) is 0 Å². The number of phenols is 1. The Morgan fingerprint density at radius 3 is 2.42 bits per heavy atom. The average Bonchev–Trinajstić information content (AvgIpc) is 2.87. The molecule has 0 radical (unpaired) electrons. The maximum absolute atomic E-state index is 13.7. The van der Waals surface area contributed by atoms with Crippen LogP contribution in [0.5, 0.6) is 11.5 Å². The Morgan fingerprint density at radius 1 is 1.00 bits per heavy atom. The highest BCUT2D eigenvalue weighted by atomic mass is 16.5. The smallest absolute Gasteiger partial charge is 0.332 e. The van der Waals surface area contributed by atoms with Crippen LogP contribution in [0.2, 0.25) is 0 Å². The minimum Gasteiger partial charge on any atom is -0.504 e. The van der Waals surface area contributed by atoms with Gasteiger partial charge in [0.05, 0.1) is 7.11 Å². The summed E-state index contributed by atoms with van der Waals surface area (Å²) in [5.41, 5.74) is 0.0809. The lowest BCUT2D eigenvalue weighted by atomic mass is 9.75. The van der Waals surface area contributed by atoms with Crippen molar-refractivity contribution in [2.75, 3.05) is 40.8 Å². The molecular weight excluding hydrogens is 464 g/mol. The molecule has 0 spiro atoms. The van der Waals surface area contributed by atoms with Gasteiger partial charge in [-0.05, 0) is 42.5 Å². The minimum atomic E-state index is -1.53. The Morgan fingerprint density at radius 2 is 1.72 bits per heavy atom. The number of likely N-dealkylation sites (tertiary alicyclic amines) is 1. The van der Waals surface area contributed by atoms with Gasteiger partial charge in [-0.25, -0.2) is 4.79 Å². The van der Waals surface area contributed by atoms with Crippen LogP contribution in [0, 0.1) is 11.3 Å². The van der Waals surface area contributed by atoms with Crippen molar-refractivity contribution in [1.82, 2.24) is 19.3 Å². The van der Waals surface area contributed by atoms with Crippen LogP contribution in [0.15, 0.2) is 41.2 Å². The third kappa shape index (κ3) is 3.76. The number of urea groups is 1. The second-order valence-electron chi connectivity index (χ2n) is 10.2. The molecule has 10 nitrogen and oxygen atoms in total. The Hall–Kier alpha value is -3.66. The molecule has 5 rings (SSSR count). The Kier molecular flexibility index (Phi) is 5.86. The highest BCUT2D eigenvalue weighted by molar-refractivity contribution is 6.19. The molecule has 2 unspecified atom stereocenters. The quantitative estimate of drug-likeness (QED) is 0.623. The molecule has 4 amide bonds. The molecule has 190 valence electrons.